The van der Waals surface area contributed by atoms with Crippen LogP contribution < -0.4 is 5.32 Å². The summed E-state index contributed by atoms with van der Waals surface area (Å²) in [4.78, 5) is 10.8. The van der Waals surface area contributed by atoms with Crippen LogP contribution in [0.5, 0.6) is 0 Å². The Kier molecular flexibility index (Phi) is 4.78. The first-order valence-corrected chi connectivity index (χ1v) is 5.36. The van der Waals surface area contributed by atoms with Gasteiger partial charge in [-0.25, -0.2) is 0 Å². The maximum absolute atomic E-state index is 10.8. The van der Waals surface area contributed by atoms with Gasteiger partial charge in [-0.05, 0) is 27.0 Å². The Bertz CT molecular complexity index is 189. The van der Waals surface area contributed by atoms with Gasteiger partial charge in [-0.3, -0.25) is 4.79 Å². The molecule has 0 rings (SSSR count). The topological polar surface area (TPSA) is 29.1 Å². The van der Waals surface area contributed by atoms with E-state index in [0.29, 0.717) is 6.42 Å². The fourth-order valence-corrected chi connectivity index (χ4v) is 1.65. The minimum Gasteiger partial charge on any atom is -0.366 e. The number of hydrogen-bond acceptors (Lipinski definition) is 3. The number of hydrogen-bond donors (Lipinski definition) is 1. The summed E-state index contributed by atoms with van der Waals surface area (Å²) in [5, 5.41) is 3.11. The molecule has 0 fully saturated rings. The van der Waals surface area contributed by atoms with Crippen LogP contribution in [0, 0.1) is 0 Å². The summed E-state index contributed by atoms with van der Waals surface area (Å²) >= 11 is 6.48. The van der Waals surface area contributed by atoms with Gasteiger partial charge in [0, 0.05) is 12.0 Å². The lowest BCUT2D eigenvalue weighted by atomic mass is 9.99. The van der Waals surface area contributed by atoms with E-state index in [2.05, 4.69) is 5.32 Å². The Hall–Kier alpha value is -0.0900. The molecule has 0 aromatic heterocycles. The molecule has 0 aromatic rings. The normalized spacial score (nSPS) is 11.0. The van der Waals surface area contributed by atoms with Crippen molar-refractivity contribution >= 4 is 34.1 Å². The second kappa shape index (κ2) is 4.82. The molecule has 0 unspecified atom stereocenters. The van der Waals surface area contributed by atoms with Crippen LogP contribution >= 0.6 is 24.0 Å². The molecule has 0 atom stereocenters. The van der Waals surface area contributed by atoms with Crippen molar-refractivity contribution in [1.82, 2.24) is 5.32 Å². The summed E-state index contributed by atoms with van der Waals surface area (Å²) < 4.78 is 0.737. The van der Waals surface area contributed by atoms with Crippen LogP contribution in [0.1, 0.15) is 27.2 Å². The second-order valence-electron chi connectivity index (χ2n) is 3.38. The van der Waals surface area contributed by atoms with Gasteiger partial charge in [0.1, 0.15) is 10.1 Å². The standard InChI is InChI=1S/C8H15NOS2/c1-6(10)5-8(2,3)9-7(11)12-4/h5H2,1-4H3,(H,9,11). The lowest BCUT2D eigenvalue weighted by Crippen LogP contribution is -2.42. The molecular weight excluding hydrogens is 190 g/mol. The average Bonchev–Trinajstić information content (AvgIpc) is 1.83. The zero-order chi connectivity index (χ0) is 9.78. The van der Waals surface area contributed by atoms with E-state index in [1.54, 1.807) is 6.92 Å². The number of rotatable bonds is 3. The highest BCUT2D eigenvalue weighted by molar-refractivity contribution is 8.22. The van der Waals surface area contributed by atoms with Crippen LogP contribution in [0.2, 0.25) is 0 Å². The molecule has 0 saturated heterocycles. The first-order chi connectivity index (χ1) is 5.37. The van der Waals surface area contributed by atoms with Gasteiger partial charge in [-0.2, -0.15) is 0 Å². The number of carbonyl (C=O) groups is 1. The van der Waals surface area contributed by atoms with Crippen LogP contribution in [-0.4, -0.2) is 21.9 Å². The molecule has 0 amide bonds. The molecule has 1 N–H and O–H groups in total. The van der Waals surface area contributed by atoms with Crippen molar-refractivity contribution in [3.63, 3.8) is 0 Å². The molecule has 0 aliphatic carbocycles. The molecular formula is C8H15NOS2. The SMILES string of the molecule is CSC(=S)NC(C)(C)CC(C)=O. The van der Waals surface area contributed by atoms with Gasteiger partial charge >= 0.3 is 0 Å². The highest BCUT2D eigenvalue weighted by Crippen LogP contribution is 2.11. The molecule has 70 valence electrons. The maximum atomic E-state index is 10.8. The summed E-state index contributed by atoms with van der Waals surface area (Å²) in [6, 6.07) is 0. The third kappa shape index (κ3) is 5.55. The first-order valence-electron chi connectivity index (χ1n) is 3.73. The molecule has 0 radical (unpaired) electrons. The monoisotopic (exact) mass is 205 g/mol. The molecule has 0 aromatic carbocycles. The average molecular weight is 205 g/mol. The van der Waals surface area contributed by atoms with Gasteiger partial charge in [0.15, 0.2) is 0 Å². The fraction of sp³-hybridized carbons (Fsp3) is 0.750. The number of Topliss-reactive ketones (excluding diaryl/α,β-unsaturated/α-hetero) is 1. The third-order valence-corrected chi connectivity index (χ3v) is 2.39. The third-order valence-electron chi connectivity index (χ3n) is 1.32. The fourth-order valence-electron chi connectivity index (χ4n) is 0.994. The molecule has 0 spiro atoms. The minimum atomic E-state index is -0.216. The van der Waals surface area contributed by atoms with Gasteiger partial charge in [-0.1, -0.05) is 12.2 Å². The molecule has 4 heteroatoms. The molecule has 0 saturated carbocycles. The van der Waals surface area contributed by atoms with E-state index in [4.69, 9.17) is 12.2 Å². The summed E-state index contributed by atoms with van der Waals surface area (Å²) in [6.45, 7) is 5.53. The van der Waals surface area contributed by atoms with E-state index < -0.39 is 0 Å². The van der Waals surface area contributed by atoms with E-state index in [0.717, 1.165) is 4.32 Å². The van der Waals surface area contributed by atoms with Crippen molar-refractivity contribution in [3.05, 3.63) is 0 Å². The minimum absolute atomic E-state index is 0.177. The van der Waals surface area contributed by atoms with Crippen LogP contribution in [0.25, 0.3) is 0 Å². The van der Waals surface area contributed by atoms with E-state index in [9.17, 15) is 4.79 Å². The molecule has 0 aliphatic rings. The Morgan fingerprint density at radius 3 is 2.42 bits per heavy atom. The van der Waals surface area contributed by atoms with Gasteiger partial charge in [0.05, 0.1) is 0 Å². The van der Waals surface area contributed by atoms with E-state index in [-0.39, 0.29) is 11.3 Å². The Morgan fingerprint density at radius 2 is 2.08 bits per heavy atom. The van der Waals surface area contributed by atoms with Crippen molar-refractivity contribution in [1.29, 1.82) is 0 Å². The number of thioether (sulfide) groups is 1. The molecule has 0 heterocycles. The van der Waals surface area contributed by atoms with E-state index >= 15 is 0 Å². The Balaban J connectivity index is 4.03. The number of ketones is 1. The zero-order valence-corrected chi connectivity index (χ0v) is 9.56. The van der Waals surface area contributed by atoms with Gasteiger partial charge in [-0.15, -0.1) is 11.8 Å². The zero-order valence-electron chi connectivity index (χ0n) is 7.93. The lowest BCUT2D eigenvalue weighted by Gasteiger charge is -2.25. The van der Waals surface area contributed by atoms with E-state index in [1.165, 1.54) is 11.8 Å². The second-order valence-corrected chi connectivity index (χ2v) is 4.86. The number of nitrogens with one attached hydrogen (secondary N) is 1. The van der Waals surface area contributed by atoms with Crippen molar-refractivity contribution < 1.29 is 4.79 Å². The Labute approximate surface area is 83.5 Å². The largest absolute Gasteiger partial charge is 0.366 e. The van der Waals surface area contributed by atoms with Gasteiger partial charge in [0.2, 0.25) is 0 Å². The van der Waals surface area contributed by atoms with Crippen LogP contribution in [0.15, 0.2) is 0 Å². The number of thiocarbonyl (C=S) groups is 1. The summed E-state index contributed by atoms with van der Waals surface area (Å²) in [7, 11) is 0. The summed E-state index contributed by atoms with van der Waals surface area (Å²) in [5.74, 6) is 0.177. The molecule has 12 heavy (non-hydrogen) atoms. The summed E-state index contributed by atoms with van der Waals surface area (Å²) in [5.41, 5.74) is -0.216. The quantitative estimate of drug-likeness (QED) is 0.713. The van der Waals surface area contributed by atoms with Crippen molar-refractivity contribution in [2.75, 3.05) is 6.26 Å². The first kappa shape index (κ1) is 11.9. The van der Waals surface area contributed by atoms with Crippen molar-refractivity contribution in [2.24, 2.45) is 0 Å². The van der Waals surface area contributed by atoms with Crippen molar-refractivity contribution in [3.8, 4) is 0 Å². The van der Waals surface area contributed by atoms with Crippen LogP contribution in [-0.2, 0) is 4.79 Å². The lowest BCUT2D eigenvalue weighted by molar-refractivity contribution is -0.118. The van der Waals surface area contributed by atoms with Crippen LogP contribution in [0.4, 0.5) is 0 Å². The number of carbonyl (C=O) groups excluding carboxylic acids is 1. The van der Waals surface area contributed by atoms with Gasteiger partial charge in [0.25, 0.3) is 0 Å². The maximum Gasteiger partial charge on any atom is 0.133 e. The predicted octanol–water partition coefficient (Wildman–Crippen LogP) is 1.98. The molecule has 0 bridgehead atoms. The Morgan fingerprint density at radius 1 is 1.58 bits per heavy atom. The smallest absolute Gasteiger partial charge is 0.133 e. The van der Waals surface area contributed by atoms with E-state index in [1.807, 2.05) is 20.1 Å². The predicted molar refractivity (Wildman–Crippen MR) is 58.6 cm³/mol. The molecule has 2 nitrogen and oxygen atoms in total. The highest BCUT2D eigenvalue weighted by Gasteiger charge is 2.19. The highest BCUT2D eigenvalue weighted by atomic mass is 32.2. The summed E-state index contributed by atoms with van der Waals surface area (Å²) in [6.07, 6.45) is 2.42. The van der Waals surface area contributed by atoms with Gasteiger partial charge < -0.3 is 5.32 Å². The van der Waals surface area contributed by atoms with Crippen molar-refractivity contribution in [2.45, 2.75) is 32.7 Å². The molecule has 0 aliphatic heterocycles. The van der Waals surface area contributed by atoms with Crippen LogP contribution in [0.3, 0.4) is 0 Å².